The Kier molecular flexibility index (Phi) is 8.51. The Morgan fingerprint density at radius 2 is 1.58 bits per heavy atom. The summed E-state index contributed by atoms with van der Waals surface area (Å²) in [4.78, 5) is 22.7. The molecular formula is C24H29ClN2O5S. The fourth-order valence-electron chi connectivity index (χ4n) is 4.25. The molecule has 7 nitrogen and oxygen atoms in total. The molecule has 2 aromatic rings. The Balaban J connectivity index is 1.59. The molecule has 1 fully saturated rings. The van der Waals surface area contributed by atoms with Gasteiger partial charge in [-0.3, -0.25) is 9.59 Å². The minimum Gasteiger partial charge on any atom is -0.481 e. The van der Waals surface area contributed by atoms with Gasteiger partial charge in [-0.15, -0.1) is 0 Å². The van der Waals surface area contributed by atoms with Crippen LogP contribution in [0.2, 0.25) is 5.02 Å². The highest BCUT2D eigenvalue weighted by Gasteiger charge is 2.35. The summed E-state index contributed by atoms with van der Waals surface area (Å²) in [6, 6.07) is 13.9. The predicted molar refractivity (Wildman–Crippen MR) is 127 cm³/mol. The zero-order valence-corrected chi connectivity index (χ0v) is 19.9. The van der Waals surface area contributed by atoms with Crippen molar-refractivity contribution in [2.75, 3.05) is 13.1 Å². The summed E-state index contributed by atoms with van der Waals surface area (Å²) in [6.07, 6.45) is 4.87. The molecule has 3 N–H and O–H groups in total. The molecule has 0 atom stereocenters. The van der Waals surface area contributed by atoms with Crippen LogP contribution in [0.3, 0.4) is 0 Å². The number of hydrogen-bond acceptors (Lipinski definition) is 4. The normalized spacial score (nSPS) is 15.3. The molecule has 0 bridgehead atoms. The number of aliphatic carboxylic acids is 1. The van der Waals surface area contributed by atoms with Crippen LogP contribution in [-0.2, 0) is 32.5 Å². The molecule has 0 unspecified atom stereocenters. The van der Waals surface area contributed by atoms with Gasteiger partial charge in [0, 0.05) is 18.1 Å². The maximum atomic E-state index is 12.7. The molecule has 0 spiro atoms. The first kappa shape index (κ1) is 25.2. The quantitative estimate of drug-likeness (QED) is 0.444. The molecule has 1 aliphatic carbocycles. The number of sulfonamides is 1. The van der Waals surface area contributed by atoms with Crippen LogP contribution < -0.4 is 10.0 Å². The predicted octanol–water partition coefficient (Wildman–Crippen LogP) is 3.55. The van der Waals surface area contributed by atoms with Crippen molar-refractivity contribution in [3.8, 4) is 0 Å². The van der Waals surface area contributed by atoms with E-state index in [9.17, 15) is 18.0 Å². The fourth-order valence-corrected chi connectivity index (χ4v) is 5.53. The van der Waals surface area contributed by atoms with Gasteiger partial charge in [-0.05, 0) is 60.1 Å². The molecule has 0 saturated heterocycles. The van der Waals surface area contributed by atoms with E-state index in [1.165, 1.54) is 12.1 Å². The number of rotatable bonds is 11. The van der Waals surface area contributed by atoms with E-state index >= 15 is 0 Å². The topological polar surface area (TPSA) is 113 Å². The molecular weight excluding hydrogens is 464 g/mol. The summed E-state index contributed by atoms with van der Waals surface area (Å²) in [7, 11) is -3.62. The molecule has 178 valence electrons. The standard InChI is InChI=1S/C24H29ClN2O5S/c25-20-7-9-21(10-8-20)33(31,32)27-17-24(12-1-2-13-24)16-19-5-3-18(4-6-19)15-22(28)26-14-11-23(29)30/h3-10,27H,1-2,11-17H2,(H,26,28)(H,29,30). The van der Waals surface area contributed by atoms with Crippen LogP contribution in [0, 0.1) is 5.41 Å². The molecule has 33 heavy (non-hydrogen) atoms. The molecule has 0 aromatic heterocycles. The lowest BCUT2D eigenvalue weighted by Gasteiger charge is -2.29. The van der Waals surface area contributed by atoms with Gasteiger partial charge in [-0.2, -0.15) is 0 Å². The molecule has 0 heterocycles. The van der Waals surface area contributed by atoms with Crippen molar-refractivity contribution in [1.82, 2.24) is 10.0 Å². The minimum atomic E-state index is -3.62. The lowest BCUT2D eigenvalue weighted by Crippen LogP contribution is -2.37. The van der Waals surface area contributed by atoms with Gasteiger partial charge in [0.05, 0.1) is 17.7 Å². The second kappa shape index (κ2) is 11.1. The number of carboxylic acids is 1. The Morgan fingerprint density at radius 1 is 0.970 bits per heavy atom. The van der Waals surface area contributed by atoms with Gasteiger partial charge in [-0.1, -0.05) is 48.7 Å². The first-order valence-electron chi connectivity index (χ1n) is 11.0. The van der Waals surface area contributed by atoms with Gasteiger partial charge in [0.25, 0.3) is 0 Å². The van der Waals surface area contributed by atoms with E-state index < -0.39 is 16.0 Å². The number of nitrogens with one attached hydrogen (secondary N) is 2. The fraction of sp³-hybridized carbons (Fsp3) is 0.417. The first-order valence-corrected chi connectivity index (χ1v) is 12.9. The molecule has 0 radical (unpaired) electrons. The summed E-state index contributed by atoms with van der Waals surface area (Å²) in [5, 5.41) is 11.7. The van der Waals surface area contributed by atoms with E-state index in [2.05, 4.69) is 10.0 Å². The largest absolute Gasteiger partial charge is 0.481 e. The van der Waals surface area contributed by atoms with Crippen LogP contribution in [0.4, 0.5) is 0 Å². The number of carbonyl (C=O) groups excluding carboxylic acids is 1. The molecule has 1 saturated carbocycles. The number of carbonyl (C=O) groups is 2. The summed E-state index contributed by atoms with van der Waals surface area (Å²) in [6.45, 7) is 0.479. The van der Waals surface area contributed by atoms with Crippen molar-refractivity contribution in [3.63, 3.8) is 0 Å². The van der Waals surface area contributed by atoms with Crippen LogP contribution in [0.1, 0.15) is 43.2 Å². The van der Waals surface area contributed by atoms with Crippen molar-refractivity contribution in [2.45, 2.75) is 49.8 Å². The maximum Gasteiger partial charge on any atom is 0.305 e. The Labute approximate surface area is 199 Å². The van der Waals surface area contributed by atoms with E-state index in [-0.39, 0.29) is 35.6 Å². The maximum absolute atomic E-state index is 12.7. The van der Waals surface area contributed by atoms with Crippen molar-refractivity contribution < 1.29 is 23.1 Å². The molecule has 0 aliphatic heterocycles. The number of benzene rings is 2. The summed E-state index contributed by atoms with van der Waals surface area (Å²) in [5.41, 5.74) is 1.79. The summed E-state index contributed by atoms with van der Waals surface area (Å²) < 4.78 is 28.3. The van der Waals surface area contributed by atoms with E-state index in [1.807, 2.05) is 24.3 Å². The van der Waals surface area contributed by atoms with Gasteiger partial charge < -0.3 is 10.4 Å². The van der Waals surface area contributed by atoms with Crippen LogP contribution in [-0.4, -0.2) is 38.5 Å². The highest BCUT2D eigenvalue weighted by molar-refractivity contribution is 7.89. The lowest BCUT2D eigenvalue weighted by atomic mass is 9.80. The Morgan fingerprint density at radius 3 is 2.18 bits per heavy atom. The highest BCUT2D eigenvalue weighted by atomic mass is 35.5. The summed E-state index contributed by atoms with van der Waals surface area (Å²) in [5.74, 6) is -1.16. The van der Waals surface area contributed by atoms with Crippen LogP contribution in [0.25, 0.3) is 0 Å². The smallest absolute Gasteiger partial charge is 0.305 e. The zero-order chi connectivity index (χ0) is 23.9. The third-order valence-electron chi connectivity index (χ3n) is 6.05. The zero-order valence-electron chi connectivity index (χ0n) is 18.3. The highest BCUT2D eigenvalue weighted by Crippen LogP contribution is 2.40. The second-order valence-electron chi connectivity index (χ2n) is 8.65. The molecule has 3 rings (SSSR count). The second-order valence-corrected chi connectivity index (χ2v) is 10.9. The Bertz CT molecular complexity index is 1060. The van der Waals surface area contributed by atoms with Crippen LogP contribution >= 0.6 is 11.6 Å². The van der Waals surface area contributed by atoms with E-state index in [0.29, 0.717) is 11.6 Å². The Hall–Kier alpha value is -2.42. The van der Waals surface area contributed by atoms with Crippen molar-refractivity contribution in [2.24, 2.45) is 5.41 Å². The number of amides is 1. The van der Waals surface area contributed by atoms with Gasteiger partial charge in [0.2, 0.25) is 15.9 Å². The molecule has 1 aliphatic rings. The molecule has 2 aromatic carbocycles. The average molecular weight is 493 g/mol. The SMILES string of the molecule is O=C(O)CCNC(=O)Cc1ccc(CC2(CNS(=O)(=O)c3ccc(Cl)cc3)CCCC2)cc1. The van der Waals surface area contributed by atoms with Gasteiger partial charge in [-0.25, -0.2) is 13.1 Å². The van der Waals surface area contributed by atoms with E-state index in [1.54, 1.807) is 12.1 Å². The van der Waals surface area contributed by atoms with Crippen LogP contribution in [0.5, 0.6) is 0 Å². The molecule has 9 heteroatoms. The van der Waals surface area contributed by atoms with Crippen LogP contribution in [0.15, 0.2) is 53.4 Å². The van der Waals surface area contributed by atoms with Gasteiger partial charge >= 0.3 is 5.97 Å². The first-order chi connectivity index (χ1) is 15.7. The van der Waals surface area contributed by atoms with Crippen molar-refractivity contribution in [3.05, 3.63) is 64.7 Å². The number of halogens is 1. The van der Waals surface area contributed by atoms with E-state index in [0.717, 1.165) is 43.2 Å². The molecule has 1 amide bonds. The average Bonchev–Trinajstić information content (AvgIpc) is 3.23. The van der Waals surface area contributed by atoms with Crippen molar-refractivity contribution in [1.29, 1.82) is 0 Å². The summed E-state index contributed by atoms with van der Waals surface area (Å²) >= 11 is 5.87. The minimum absolute atomic E-state index is 0.103. The van der Waals surface area contributed by atoms with Crippen molar-refractivity contribution >= 4 is 33.5 Å². The number of hydrogen-bond donors (Lipinski definition) is 3. The third-order valence-corrected chi connectivity index (χ3v) is 7.72. The van der Waals surface area contributed by atoms with E-state index in [4.69, 9.17) is 16.7 Å². The van der Waals surface area contributed by atoms with Gasteiger partial charge in [0.1, 0.15) is 0 Å². The lowest BCUT2D eigenvalue weighted by molar-refractivity contribution is -0.136. The van der Waals surface area contributed by atoms with Gasteiger partial charge in [0.15, 0.2) is 0 Å². The third kappa shape index (κ3) is 7.55. The number of carboxylic acid groups (broad SMARTS) is 1. The monoisotopic (exact) mass is 492 g/mol.